The fourth-order valence-electron chi connectivity index (χ4n) is 2.47. The van der Waals surface area contributed by atoms with Crippen molar-refractivity contribution < 1.29 is 13.2 Å². The SMILES string of the molecule is NC1CCCCC1C(=O)Nc1cccc(S(N)(=O)=O)c1. The molecule has 1 aliphatic rings. The van der Waals surface area contributed by atoms with E-state index < -0.39 is 10.0 Å². The fraction of sp³-hybridized carbons (Fsp3) is 0.462. The van der Waals surface area contributed by atoms with Crippen molar-refractivity contribution in [2.24, 2.45) is 16.8 Å². The molecule has 0 radical (unpaired) electrons. The Morgan fingerprint density at radius 1 is 1.25 bits per heavy atom. The van der Waals surface area contributed by atoms with Crippen LogP contribution in [0, 0.1) is 5.92 Å². The molecule has 1 fully saturated rings. The third-order valence-electron chi connectivity index (χ3n) is 3.59. The van der Waals surface area contributed by atoms with Gasteiger partial charge in [-0.15, -0.1) is 0 Å². The zero-order chi connectivity index (χ0) is 14.8. The van der Waals surface area contributed by atoms with E-state index in [9.17, 15) is 13.2 Å². The average molecular weight is 297 g/mol. The minimum atomic E-state index is -3.77. The molecule has 0 spiro atoms. The van der Waals surface area contributed by atoms with Crippen molar-refractivity contribution in [3.63, 3.8) is 0 Å². The van der Waals surface area contributed by atoms with Gasteiger partial charge in [0.15, 0.2) is 0 Å². The second-order valence-electron chi connectivity index (χ2n) is 5.12. The van der Waals surface area contributed by atoms with Gasteiger partial charge in [-0.25, -0.2) is 13.6 Å². The Morgan fingerprint density at radius 3 is 2.60 bits per heavy atom. The molecule has 2 unspecified atom stereocenters. The first-order valence-corrected chi connectivity index (χ1v) is 8.12. The van der Waals surface area contributed by atoms with Crippen molar-refractivity contribution in [2.75, 3.05) is 5.32 Å². The first-order valence-electron chi connectivity index (χ1n) is 6.57. The van der Waals surface area contributed by atoms with Gasteiger partial charge in [-0.3, -0.25) is 4.79 Å². The van der Waals surface area contributed by atoms with E-state index in [0.717, 1.165) is 25.7 Å². The molecule has 2 rings (SSSR count). The van der Waals surface area contributed by atoms with Crippen LogP contribution in [0.2, 0.25) is 0 Å². The summed E-state index contributed by atoms with van der Waals surface area (Å²) in [7, 11) is -3.77. The third-order valence-corrected chi connectivity index (χ3v) is 4.50. The van der Waals surface area contributed by atoms with Crippen molar-refractivity contribution in [2.45, 2.75) is 36.6 Å². The van der Waals surface area contributed by atoms with Gasteiger partial charge >= 0.3 is 0 Å². The van der Waals surface area contributed by atoms with Gasteiger partial charge in [-0.05, 0) is 31.0 Å². The van der Waals surface area contributed by atoms with Crippen LogP contribution in [0.3, 0.4) is 0 Å². The number of sulfonamides is 1. The fourth-order valence-corrected chi connectivity index (χ4v) is 3.03. The zero-order valence-corrected chi connectivity index (χ0v) is 11.9. The minimum Gasteiger partial charge on any atom is -0.327 e. The number of amides is 1. The average Bonchev–Trinajstić information content (AvgIpc) is 2.38. The van der Waals surface area contributed by atoms with E-state index in [4.69, 9.17) is 10.9 Å². The van der Waals surface area contributed by atoms with E-state index in [-0.39, 0.29) is 22.8 Å². The molecule has 1 aromatic rings. The molecule has 6 nitrogen and oxygen atoms in total. The Balaban J connectivity index is 2.12. The quantitative estimate of drug-likeness (QED) is 0.765. The summed E-state index contributed by atoms with van der Waals surface area (Å²) in [6, 6.07) is 5.76. The van der Waals surface area contributed by atoms with Crippen molar-refractivity contribution in [3.05, 3.63) is 24.3 Å². The lowest BCUT2D eigenvalue weighted by Crippen LogP contribution is -2.40. The van der Waals surface area contributed by atoms with E-state index in [1.54, 1.807) is 6.07 Å². The van der Waals surface area contributed by atoms with Crippen molar-refractivity contribution in [3.8, 4) is 0 Å². The summed E-state index contributed by atoms with van der Waals surface area (Å²) in [5.41, 5.74) is 6.37. The highest BCUT2D eigenvalue weighted by Gasteiger charge is 2.28. The number of nitrogens with two attached hydrogens (primary N) is 2. The number of hydrogen-bond donors (Lipinski definition) is 3. The highest BCUT2D eigenvalue weighted by molar-refractivity contribution is 7.89. The summed E-state index contributed by atoms with van der Waals surface area (Å²) in [4.78, 5) is 12.1. The molecule has 1 saturated carbocycles. The molecular formula is C13H19N3O3S. The maximum absolute atomic E-state index is 12.2. The van der Waals surface area contributed by atoms with Crippen LogP contribution in [0.15, 0.2) is 29.2 Å². The molecule has 0 bridgehead atoms. The van der Waals surface area contributed by atoms with Gasteiger partial charge in [-0.2, -0.15) is 0 Å². The normalized spacial score (nSPS) is 23.3. The monoisotopic (exact) mass is 297 g/mol. The Bertz CT molecular complexity index is 601. The standard InChI is InChI=1S/C13H19N3O3S/c14-12-7-2-1-6-11(12)13(17)16-9-4-3-5-10(8-9)20(15,18)19/h3-5,8,11-12H,1-2,6-7,14H2,(H,16,17)(H2,15,18,19). The Labute approximate surface area is 118 Å². The van der Waals surface area contributed by atoms with Gasteiger partial charge < -0.3 is 11.1 Å². The van der Waals surface area contributed by atoms with Crippen molar-refractivity contribution in [1.82, 2.24) is 0 Å². The molecule has 5 N–H and O–H groups in total. The van der Waals surface area contributed by atoms with Crippen LogP contribution in [-0.2, 0) is 14.8 Å². The second-order valence-corrected chi connectivity index (χ2v) is 6.68. The van der Waals surface area contributed by atoms with Gasteiger partial charge in [-0.1, -0.05) is 18.9 Å². The number of benzene rings is 1. The number of primary sulfonamides is 1. The van der Waals surface area contributed by atoms with Gasteiger partial charge in [0.2, 0.25) is 15.9 Å². The highest BCUT2D eigenvalue weighted by atomic mass is 32.2. The Morgan fingerprint density at radius 2 is 1.95 bits per heavy atom. The summed E-state index contributed by atoms with van der Waals surface area (Å²) in [6.07, 6.45) is 3.64. The highest BCUT2D eigenvalue weighted by Crippen LogP contribution is 2.24. The molecule has 0 heterocycles. The molecule has 1 aliphatic carbocycles. The van der Waals surface area contributed by atoms with E-state index >= 15 is 0 Å². The predicted octanol–water partition coefficient (Wildman–Crippen LogP) is 0.790. The number of hydrogen-bond acceptors (Lipinski definition) is 4. The molecule has 2 atom stereocenters. The maximum Gasteiger partial charge on any atom is 0.238 e. The molecule has 0 aromatic heterocycles. The predicted molar refractivity (Wildman–Crippen MR) is 76.4 cm³/mol. The lowest BCUT2D eigenvalue weighted by atomic mass is 9.84. The second kappa shape index (κ2) is 5.90. The molecule has 7 heteroatoms. The van der Waals surface area contributed by atoms with Crippen LogP contribution >= 0.6 is 0 Å². The summed E-state index contributed by atoms with van der Waals surface area (Å²) in [5, 5.41) is 7.78. The summed E-state index contributed by atoms with van der Waals surface area (Å²) in [6.45, 7) is 0. The minimum absolute atomic E-state index is 0.0248. The molecule has 1 aromatic carbocycles. The molecule has 110 valence electrons. The third kappa shape index (κ3) is 3.56. The number of rotatable bonds is 3. The summed E-state index contributed by atoms with van der Waals surface area (Å²) >= 11 is 0. The number of nitrogens with one attached hydrogen (secondary N) is 1. The van der Waals surface area contributed by atoms with E-state index in [1.165, 1.54) is 18.2 Å². The van der Waals surface area contributed by atoms with Gasteiger partial charge in [0.25, 0.3) is 0 Å². The largest absolute Gasteiger partial charge is 0.327 e. The van der Waals surface area contributed by atoms with Gasteiger partial charge in [0, 0.05) is 11.7 Å². The Kier molecular flexibility index (Phi) is 4.42. The topological polar surface area (TPSA) is 115 Å². The van der Waals surface area contributed by atoms with Gasteiger partial charge in [0.1, 0.15) is 0 Å². The number of carbonyl (C=O) groups is 1. The van der Waals surface area contributed by atoms with E-state index in [1.807, 2.05) is 0 Å². The molecule has 0 saturated heterocycles. The summed E-state index contributed by atoms with van der Waals surface area (Å²) in [5.74, 6) is -0.384. The van der Waals surface area contributed by atoms with Crippen molar-refractivity contribution >= 4 is 21.6 Å². The van der Waals surface area contributed by atoms with Crippen LogP contribution in [0.5, 0.6) is 0 Å². The van der Waals surface area contributed by atoms with Crippen LogP contribution in [0.25, 0.3) is 0 Å². The number of anilines is 1. The van der Waals surface area contributed by atoms with Crippen LogP contribution in [-0.4, -0.2) is 20.4 Å². The van der Waals surface area contributed by atoms with Crippen LogP contribution in [0.1, 0.15) is 25.7 Å². The smallest absolute Gasteiger partial charge is 0.238 e. The molecule has 0 aliphatic heterocycles. The Hall–Kier alpha value is -1.44. The zero-order valence-electron chi connectivity index (χ0n) is 11.1. The number of carbonyl (C=O) groups excluding carboxylic acids is 1. The summed E-state index contributed by atoms with van der Waals surface area (Å²) < 4.78 is 22.5. The van der Waals surface area contributed by atoms with E-state index in [2.05, 4.69) is 5.32 Å². The van der Waals surface area contributed by atoms with Gasteiger partial charge in [0.05, 0.1) is 10.8 Å². The lowest BCUT2D eigenvalue weighted by molar-refractivity contribution is -0.121. The molecular weight excluding hydrogens is 278 g/mol. The maximum atomic E-state index is 12.2. The van der Waals surface area contributed by atoms with Crippen LogP contribution in [0.4, 0.5) is 5.69 Å². The lowest BCUT2D eigenvalue weighted by Gasteiger charge is -2.27. The molecule has 1 amide bonds. The first-order chi connectivity index (χ1) is 9.38. The first kappa shape index (κ1) is 15.0. The van der Waals surface area contributed by atoms with E-state index in [0.29, 0.717) is 5.69 Å². The molecule has 20 heavy (non-hydrogen) atoms. The van der Waals surface area contributed by atoms with Crippen molar-refractivity contribution in [1.29, 1.82) is 0 Å². The van der Waals surface area contributed by atoms with Crippen LogP contribution < -0.4 is 16.2 Å².